The maximum absolute atomic E-state index is 13.7. The number of aromatic nitrogens is 1. The summed E-state index contributed by atoms with van der Waals surface area (Å²) in [6.45, 7) is 6.93. The second-order valence-electron chi connectivity index (χ2n) is 10.6. The number of rotatable bonds is 4. The molecule has 7 heteroatoms. The number of amides is 1. The van der Waals surface area contributed by atoms with Gasteiger partial charge in [-0.2, -0.15) is 0 Å². The van der Waals surface area contributed by atoms with Gasteiger partial charge in [-0.1, -0.05) is 36.4 Å². The maximum atomic E-state index is 13.7. The van der Waals surface area contributed by atoms with E-state index in [1.807, 2.05) is 40.0 Å². The fraction of sp³-hybridized carbons (Fsp3) is 0.379. The summed E-state index contributed by atoms with van der Waals surface area (Å²) in [4.78, 5) is 19.5. The minimum Gasteiger partial charge on any atom is -0.474 e. The molecule has 1 aromatic heterocycles. The van der Waals surface area contributed by atoms with Gasteiger partial charge in [-0.25, -0.2) is 14.2 Å². The van der Waals surface area contributed by atoms with Crippen LogP contribution in [0.25, 0.3) is 22.4 Å². The number of anilines is 1. The Labute approximate surface area is 211 Å². The van der Waals surface area contributed by atoms with Gasteiger partial charge in [0.1, 0.15) is 23.7 Å². The molecule has 1 saturated carbocycles. The molecule has 0 unspecified atom stereocenters. The summed E-state index contributed by atoms with van der Waals surface area (Å²) in [7, 11) is 2.02. The van der Waals surface area contributed by atoms with Gasteiger partial charge < -0.3 is 19.7 Å². The second-order valence-corrected chi connectivity index (χ2v) is 10.6. The molecule has 0 saturated heterocycles. The summed E-state index contributed by atoms with van der Waals surface area (Å²) in [5.41, 5.74) is 4.46. The fourth-order valence-corrected chi connectivity index (χ4v) is 4.80. The molecule has 0 atom stereocenters. The van der Waals surface area contributed by atoms with E-state index in [0.717, 1.165) is 59.4 Å². The van der Waals surface area contributed by atoms with E-state index in [9.17, 15) is 9.18 Å². The van der Waals surface area contributed by atoms with E-state index in [1.165, 1.54) is 12.1 Å². The van der Waals surface area contributed by atoms with Crippen molar-refractivity contribution in [1.82, 2.24) is 10.3 Å². The minimum absolute atomic E-state index is 0.278. The molecule has 5 rings (SSSR count). The van der Waals surface area contributed by atoms with Crippen LogP contribution in [0.1, 0.15) is 45.6 Å². The Balaban J connectivity index is 1.51. The van der Waals surface area contributed by atoms with Crippen molar-refractivity contribution >= 4 is 11.8 Å². The fourth-order valence-electron chi connectivity index (χ4n) is 4.80. The number of nitrogens with one attached hydrogen (secondary N) is 1. The molecule has 36 heavy (non-hydrogen) atoms. The molecular weight excluding hydrogens is 457 g/mol. The lowest BCUT2D eigenvalue weighted by Crippen LogP contribution is -2.52. The Morgan fingerprint density at radius 1 is 1.08 bits per heavy atom. The van der Waals surface area contributed by atoms with Gasteiger partial charge in [-0.15, -0.1) is 0 Å². The van der Waals surface area contributed by atoms with Gasteiger partial charge in [0.15, 0.2) is 0 Å². The van der Waals surface area contributed by atoms with Gasteiger partial charge in [-0.05, 0) is 69.4 Å². The first-order valence-electron chi connectivity index (χ1n) is 12.4. The standard InChI is InChI=1S/C29H32FN3O3/c1-28(2,3)36-27(34)32-29(14-5-15-29)21-10-6-20(7-11-21)25-23(19-8-12-22(30)13-9-19)18-24-26(31-25)35-17-16-33(24)4/h6-13,18H,5,14-17H2,1-4H3,(H,32,34). The summed E-state index contributed by atoms with van der Waals surface area (Å²) in [6.07, 6.45) is 2.37. The molecule has 2 aromatic carbocycles. The summed E-state index contributed by atoms with van der Waals surface area (Å²) < 4.78 is 25.0. The lowest BCUT2D eigenvalue weighted by molar-refractivity contribution is 0.0377. The van der Waals surface area contributed by atoms with Crippen molar-refractivity contribution in [3.05, 3.63) is 66.0 Å². The SMILES string of the molecule is CN1CCOc2nc(-c3ccc(C4(NC(=O)OC(C)(C)C)CCC4)cc3)c(-c3ccc(F)cc3)cc21. The van der Waals surface area contributed by atoms with Crippen molar-refractivity contribution in [2.75, 3.05) is 25.1 Å². The third-order valence-corrected chi connectivity index (χ3v) is 6.86. The van der Waals surface area contributed by atoms with E-state index in [1.54, 1.807) is 12.1 Å². The zero-order valence-corrected chi connectivity index (χ0v) is 21.2. The van der Waals surface area contributed by atoms with E-state index in [2.05, 4.69) is 28.4 Å². The Hall–Kier alpha value is -3.61. The van der Waals surface area contributed by atoms with Crippen LogP contribution >= 0.6 is 0 Å². The van der Waals surface area contributed by atoms with Crippen molar-refractivity contribution in [3.8, 4) is 28.3 Å². The normalized spacial score (nSPS) is 16.4. The largest absolute Gasteiger partial charge is 0.474 e. The Morgan fingerprint density at radius 3 is 2.36 bits per heavy atom. The number of halogens is 1. The van der Waals surface area contributed by atoms with Crippen LogP contribution in [0.2, 0.25) is 0 Å². The molecule has 2 aliphatic rings. The minimum atomic E-state index is -0.552. The van der Waals surface area contributed by atoms with Crippen molar-refractivity contribution in [1.29, 1.82) is 0 Å². The first-order chi connectivity index (χ1) is 17.1. The number of benzene rings is 2. The van der Waals surface area contributed by atoms with Crippen molar-refractivity contribution < 1.29 is 18.7 Å². The van der Waals surface area contributed by atoms with E-state index >= 15 is 0 Å². The van der Waals surface area contributed by atoms with Crippen LogP contribution in [-0.2, 0) is 10.3 Å². The first kappa shape index (κ1) is 24.1. The highest BCUT2D eigenvalue weighted by atomic mass is 19.1. The highest BCUT2D eigenvalue weighted by Crippen LogP contribution is 2.43. The number of carbonyl (C=O) groups excluding carboxylic acids is 1. The highest BCUT2D eigenvalue weighted by molar-refractivity contribution is 5.85. The molecule has 1 aliphatic heterocycles. The number of ether oxygens (including phenoxy) is 2. The van der Waals surface area contributed by atoms with Gasteiger partial charge in [0.25, 0.3) is 0 Å². The van der Waals surface area contributed by atoms with Crippen LogP contribution in [0.15, 0.2) is 54.6 Å². The average molecular weight is 490 g/mol. The zero-order chi connectivity index (χ0) is 25.5. The summed E-state index contributed by atoms with van der Waals surface area (Å²) in [6, 6.07) is 16.7. The van der Waals surface area contributed by atoms with Crippen molar-refractivity contribution in [2.24, 2.45) is 0 Å². The van der Waals surface area contributed by atoms with Crippen LogP contribution in [0.3, 0.4) is 0 Å². The van der Waals surface area contributed by atoms with Crippen LogP contribution in [0, 0.1) is 5.82 Å². The van der Waals surface area contributed by atoms with Gasteiger partial charge in [0.2, 0.25) is 5.88 Å². The van der Waals surface area contributed by atoms with Crippen LogP contribution in [-0.4, -0.2) is 36.9 Å². The van der Waals surface area contributed by atoms with E-state index in [0.29, 0.717) is 12.5 Å². The number of pyridine rings is 1. The predicted octanol–water partition coefficient (Wildman–Crippen LogP) is 6.29. The molecule has 188 valence electrons. The Bertz CT molecular complexity index is 1260. The number of hydrogen-bond acceptors (Lipinski definition) is 5. The number of likely N-dealkylation sites (N-methyl/N-ethyl adjacent to an activating group) is 1. The van der Waals surface area contributed by atoms with E-state index in [4.69, 9.17) is 14.5 Å². The molecule has 0 bridgehead atoms. The van der Waals surface area contributed by atoms with E-state index in [-0.39, 0.29) is 5.82 Å². The average Bonchev–Trinajstić information content (AvgIpc) is 2.81. The lowest BCUT2D eigenvalue weighted by Gasteiger charge is -2.43. The summed E-state index contributed by atoms with van der Waals surface area (Å²) in [5, 5.41) is 3.11. The summed E-state index contributed by atoms with van der Waals surface area (Å²) >= 11 is 0. The molecule has 1 aliphatic carbocycles. The highest BCUT2D eigenvalue weighted by Gasteiger charge is 2.41. The quantitative estimate of drug-likeness (QED) is 0.467. The van der Waals surface area contributed by atoms with Gasteiger partial charge in [-0.3, -0.25) is 0 Å². The molecular formula is C29H32FN3O3. The molecule has 1 fully saturated rings. The number of alkyl carbamates (subject to hydrolysis) is 1. The number of fused-ring (bicyclic) bond motifs is 1. The third kappa shape index (κ3) is 4.74. The molecule has 6 nitrogen and oxygen atoms in total. The van der Waals surface area contributed by atoms with Crippen LogP contribution in [0.5, 0.6) is 5.88 Å². The van der Waals surface area contributed by atoms with Crippen LogP contribution < -0.4 is 15.0 Å². The maximum Gasteiger partial charge on any atom is 0.408 e. The number of nitrogens with zero attached hydrogens (tertiary/aromatic N) is 2. The second kappa shape index (κ2) is 9.12. The van der Waals surface area contributed by atoms with Crippen molar-refractivity contribution in [2.45, 2.75) is 51.2 Å². The molecule has 1 amide bonds. The molecule has 1 N–H and O–H groups in total. The molecule has 2 heterocycles. The smallest absolute Gasteiger partial charge is 0.408 e. The van der Waals surface area contributed by atoms with Gasteiger partial charge in [0.05, 0.1) is 17.8 Å². The topological polar surface area (TPSA) is 63.7 Å². The molecule has 0 spiro atoms. The van der Waals surface area contributed by atoms with Gasteiger partial charge in [0, 0.05) is 18.2 Å². The zero-order valence-electron chi connectivity index (χ0n) is 21.2. The Morgan fingerprint density at radius 2 is 1.75 bits per heavy atom. The molecule has 3 aromatic rings. The van der Waals surface area contributed by atoms with Crippen LogP contribution in [0.4, 0.5) is 14.9 Å². The number of hydrogen-bond donors (Lipinski definition) is 1. The van der Waals surface area contributed by atoms with Crippen molar-refractivity contribution in [3.63, 3.8) is 0 Å². The first-order valence-corrected chi connectivity index (χ1v) is 12.4. The Kier molecular flexibility index (Phi) is 6.10. The monoisotopic (exact) mass is 489 g/mol. The summed E-state index contributed by atoms with van der Waals surface area (Å²) in [5.74, 6) is 0.315. The molecule has 0 radical (unpaired) electrons. The van der Waals surface area contributed by atoms with E-state index < -0.39 is 17.2 Å². The predicted molar refractivity (Wildman–Crippen MR) is 139 cm³/mol. The third-order valence-electron chi connectivity index (χ3n) is 6.86. The van der Waals surface area contributed by atoms with Gasteiger partial charge >= 0.3 is 6.09 Å². The lowest BCUT2D eigenvalue weighted by atomic mass is 9.71. The number of carbonyl (C=O) groups is 1.